The van der Waals surface area contributed by atoms with Crippen LogP contribution in [-0.2, 0) is 0 Å². The van der Waals surface area contributed by atoms with Crippen LogP contribution in [0.25, 0.3) is 0 Å². The molecule has 0 aromatic rings. The molecule has 1 aliphatic rings. The first kappa shape index (κ1) is 15.4. The zero-order valence-electron chi connectivity index (χ0n) is 10.2. The van der Waals surface area contributed by atoms with Crippen molar-refractivity contribution in [3.8, 4) is 0 Å². The highest BCUT2D eigenvalue weighted by atomic mass is 14.7. The molecule has 0 saturated carbocycles. The zero-order chi connectivity index (χ0) is 11.4. The molecule has 0 aromatic carbocycles. The van der Waals surface area contributed by atoms with Crippen LogP contribution >= 0.6 is 0 Å². The number of nitrogens with zero attached hydrogens (tertiary/aromatic N) is 1. The molecule has 0 spiro atoms. The first-order chi connectivity index (χ1) is 6.84. The maximum absolute atomic E-state index is 4.02. The van der Waals surface area contributed by atoms with Crippen LogP contribution < -0.4 is 0 Å². The predicted octanol–water partition coefficient (Wildman–Crippen LogP) is 4.53. The number of aliphatic imine (C=N–C) groups is 1. The van der Waals surface area contributed by atoms with E-state index < -0.39 is 0 Å². The van der Waals surface area contributed by atoms with Crippen molar-refractivity contribution in [3.63, 3.8) is 0 Å². The van der Waals surface area contributed by atoms with E-state index in [2.05, 4.69) is 11.6 Å². The van der Waals surface area contributed by atoms with Gasteiger partial charge in [-0.1, -0.05) is 46.4 Å². The summed E-state index contributed by atoms with van der Waals surface area (Å²) in [6, 6.07) is 0. The summed E-state index contributed by atoms with van der Waals surface area (Å²) in [7, 11) is 0. The first-order valence-corrected chi connectivity index (χ1v) is 5.35. The van der Waals surface area contributed by atoms with Crippen molar-refractivity contribution in [3.05, 3.63) is 36.1 Å². The monoisotopic (exact) mass is 193 g/mol. The second-order valence-corrected chi connectivity index (χ2v) is 2.28. The lowest BCUT2D eigenvalue weighted by atomic mass is 10.1. The molecule has 14 heavy (non-hydrogen) atoms. The molecule has 0 unspecified atom stereocenters. The summed E-state index contributed by atoms with van der Waals surface area (Å²) in [5.41, 5.74) is 2.48. The average molecular weight is 193 g/mol. The van der Waals surface area contributed by atoms with Gasteiger partial charge in [-0.3, -0.25) is 4.99 Å². The van der Waals surface area contributed by atoms with E-state index in [1.807, 2.05) is 59.2 Å². The maximum Gasteiger partial charge on any atom is 0.0305 e. The van der Waals surface area contributed by atoms with Crippen LogP contribution in [0.15, 0.2) is 41.1 Å². The number of hydrogen-bond donors (Lipinski definition) is 0. The minimum absolute atomic E-state index is 0.987. The molecule has 1 heteroatoms. The van der Waals surface area contributed by atoms with E-state index in [4.69, 9.17) is 0 Å². The van der Waals surface area contributed by atoms with Gasteiger partial charge in [0.05, 0.1) is 0 Å². The highest BCUT2D eigenvalue weighted by Crippen LogP contribution is 2.10. The van der Waals surface area contributed by atoms with Crippen LogP contribution in [-0.4, -0.2) is 6.21 Å². The SMILES string of the molecule is C=C/C(C)=C1/C=NC=CC1.CC.CC. The first-order valence-electron chi connectivity index (χ1n) is 5.35. The minimum atomic E-state index is 0.987. The van der Waals surface area contributed by atoms with Gasteiger partial charge in [0, 0.05) is 12.4 Å². The van der Waals surface area contributed by atoms with E-state index in [0.29, 0.717) is 0 Å². The van der Waals surface area contributed by atoms with Crippen molar-refractivity contribution >= 4 is 6.21 Å². The van der Waals surface area contributed by atoms with Crippen LogP contribution in [0.3, 0.4) is 0 Å². The highest BCUT2D eigenvalue weighted by Gasteiger charge is 1.96. The fourth-order valence-electron chi connectivity index (χ4n) is 0.820. The van der Waals surface area contributed by atoms with Gasteiger partial charge in [-0.15, -0.1) is 0 Å². The Kier molecular flexibility index (Phi) is 13.1. The van der Waals surface area contributed by atoms with Gasteiger partial charge in [-0.2, -0.15) is 0 Å². The third-order valence-corrected chi connectivity index (χ3v) is 1.57. The Balaban J connectivity index is 0. The molecule has 0 radical (unpaired) electrons. The fraction of sp³-hybridized carbons (Fsp3) is 0.462. The Morgan fingerprint density at radius 3 is 2.29 bits per heavy atom. The summed E-state index contributed by atoms with van der Waals surface area (Å²) in [5, 5.41) is 0. The molecule has 0 atom stereocenters. The Labute approximate surface area is 89.0 Å². The molecular formula is C13H23N. The van der Waals surface area contributed by atoms with Gasteiger partial charge < -0.3 is 0 Å². The Morgan fingerprint density at radius 1 is 1.36 bits per heavy atom. The second kappa shape index (κ2) is 11.9. The number of rotatable bonds is 1. The molecule has 0 saturated heterocycles. The quantitative estimate of drug-likeness (QED) is 0.580. The third-order valence-electron chi connectivity index (χ3n) is 1.57. The Bertz CT molecular complexity index is 219. The van der Waals surface area contributed by atoms with Crippen molar-refractivity contribution in [2.45, 2.75) is 41.0 Å². The van der Waals surface area contributed by atoms with Crippen molar-refractivity contribution in [1.82, 2.24) is 0 Å². The van der Waals surface area contributed by atoms with Crippen LogP contribution in [0.2, 0.25) is 0 Å². The van der Waals surface area contributed by atoms with Gasteiger partial charge in [-0.25, -0.2) is 0 Å². The second-order valence-electron chi connectivity index (χ2n) is 2.28. The molecule has 0 N–H and O–H groups in total. The molecule has 0 amide bonds. The van der Waals surface area contributed by atoms with E-state index >= 15 is 0 Å². The lowest BCUT2D eigenvalue weighted by molar-refractivity contribution is 1.23. The van der Waals surface area contributed by atoms with E-state index in [1.165, 1.54) is 11.1 Å². The molecule has 0 bridgehead atoms. The van der Waals surface area contributed by atoms with Crippen molar-refractivity contribution in [2.75, 3.05) is 0 Å². The minimum Gasteiger partial charge on any atom is -0.265 e. The predicted molar refractivity (Wildman–Crippen MR) is 67.8 cm³/mol. The number of hydrogen-bond acceptors (Lipinski definition) is 1. The van der Waals surface area contributed by atoms with E-state index in [0.717, 1.165) is 6.42 Å². The van der Waals surface area contributed by atoms with E-state index in [9.17, 15) is 0 Å². The largest absolute Gasteiger partial charge is 0.265 e. The van der Waals surface area contributed by atoms with Gasteiger partial charge in [-0.05, 0) is 24.5 Å². The van der Waals surface area contributed by atoms with Gasteiger partial charge in [0.2, 0.25) is 0 Å². The molecular weight excluding hydrogens is 170 g/mol. The van der Waals surface area contributed by atoms with Crippen LogP contribution in [0.1, 0.15) is 41.0 Å². The van der Waals surface area contributed by atoms with Crippen LogP contribution in [0, 0.1) is 0 Å². The topological polar surface area (TPSA) is 12.4 Å². The maximum atomic E-state index is 4.02. The van der Waals surface area contributed by atoms with Crippen molar-refractivity contribution in [1.29, 1.82) is 0 Å². The van der Waals surface area contributed by atoms with Crippen LogP contribution in [0.4, 0.5) is 0 Å². The molecule has 1 rings (SSSR count). The Hall–Kier alpha value is -1.11. The van der Waals surface area contributed by atoms with E-state index in [-0.39, 0.29) is 0 Å². The van der Waals surface area contributed by atoms with Crippen LogP contribution in [0.5, 0.6) is 0 Å². The third kappa shape index (κ3) is 6.41. The molecule has 0 aliphatic carbocycles. The molecule has 0 aromatic heterocycles. The lowest BCUT2D eigenvalue weighted by Gasteiger charge is -2.02. The zero-order valence-corrected chi connectivity index (χ0v) is 10.2. The Morgan fingerprint density at radius 2 is 1.93 bits per heavy atom. The van der Waals surface area contributed by atoms with Crippen molar-refractivity contribution in [2.24, 2.45) is 4.99 Å². The summed E-state index contributed by atoms with van der Waals surface area (Å²) in [4.78, 5) is 4.02. The van der Waals surface area contributed by atoms with E-state index in [1.54, 1.807) is 0 Å². The summed E-state index contributed by atoms with van der Waals surface area (Å²) in [6.45, 7) is 13.7. The van der Waals surface area contributed by atoms with Gasteiger partial charge in [0.25, 0.3) is 0 Å². The fourth-order valence-corrected chi connectivity index (χ4v) is 0.820. The molecule has 0 fully saturated rings. The van der Waals surface area contributed by atoms with Gasteiger partial charge >= 0.3 is 0 Å². The molecule has 1 aliphatic heterocycles. The molecule has 1 heterocycles. The van der Waals surface area contributed by atoms with Gasteiger partial charge in [0.15, 0.2) is 0 Å². The smallest absolute Gasteiger partial charge is 0.0305 e. The van der Waals surface area contributed by atoms with Crippen molar-refractivity contribution < 1.29 is 0 Å². The summed E-state index contributed by atoms with van der Waals surface area (Å²) < 4.78 is 0. The van der Waals surface area contributed by atoms with Gasteiger partial charge in [0.1, 0.15) is 0 Å². The molecule has 80 valence electrons. The highest BCUT2D eigenvalue weighted by molar-refractivity contribution is 5.82. The normalized spacial score (nSPS) is 15.8. The summed E-state index contributed by atoms with van der Waals surface area (Å²) in [6.07, 6.45) is 8.60. The lowest BCUT2D eigenvalue weighted by Crippen LogP contribution is -1.90. The average Bonchev–Trinajstić information content (AvgIpc) is 2.34. The molecule has 1 nitrogen and oxygen atoms in total. The standard InChI is InChI=1S/C9H11N.2C2H6/c1-3-8(2)9-5-4-6-10-7-9;2*1-2/h3-4,6-7H,1,5H2,2H3;2*1-2H3/b9-8+;;. The summed E-state index contributed by atoms with van der Waals surface area (Å²) in [5.74, 6) is 0. The summed E-state index contributed by atoms with van der Waals surface area (Å²) >= 11 is 0. The number of allylic oxidation sites excluding steroid dienone is 4.